The van der Waals surface area contributed by atoms with Crippen molar-refractivity contribution in [3.63, 3.8) is 0 Å². The zero-order valence-corrected chi connectivity index (χ0v) is 33.5. The number of methoxy groups -OCH3 is 1. The van der Waals surface area contributed by atoms with E-state index in [1.165, 1.54) is 25.3 Å². The van der Waals surface area contributed by atoms with Crippen LogP contribution in [0.1, 0.15) is 27.7 Å². The molecular weight excluding hydrogens is 772 g/mol. The van der Waals surface area contributed by atoms with Gasteiger partial charge < -0.3 is 16.8 Å². The van der Waals surface area contributed by atoms with Gasteiger partial charge in [-0.05, 0) is 109 Å². The number of hydrogen-bond donors (Lipinski definition) is 4. The molecule has 0 atom stereocenters. The zero-order valence-electron chi connectivity index (χ0n) is 30.9. The van der Waals surface area contributed by atoms with Crippen LogP contribution in [0.25, 0.3) is 10.8 Å². The maximum atomic E-state index is 12.9. The van der Waals surface area contributed by atoms with E-state index in [2.05, 4.69) is 31.1 Å². The normalized spacial score (nSPS) is 11.7. The first-order valence-electron chi connectivity index (χ1n) is 16.1. The smallest absolute Gasteiger partial charge is 1.00 e. The van der Waals surface area contributed by atoms with Crippen molar-refractivity contribution in [3.8, 4) is 5.75 Å². The molecule has 0 saturated heterocycles. The molecule has 0 unspecified atom stereocenters. The second-order valence-corrected chi connectivity index (χ2v) is 14.7. The number of carbonyl (C=O) groups is 2. The van der Waals surface area contributed by atoms with Crippen molar-refractivity contribution in [1.29, 1.82) is 0 Å². The van der Waals surface area contributed by atoms with Gasteiger partial charge in [-0.2, -0.15) is 32.2 Å². The summed E-state index contributed by atoms with van der Waals surface area (Å²) < 4.78 is 71.9. The Hall–Kier alpha value is -5.66. The molecule has 0 fully saturated rings. The first-order valence-corrected chi connectivity index (χ1v) is 19.0. The Labute approximate surface area is 344 Å². The number of fused-ring (bicyclic) bond motifs is 1. The minimum absolute atomic E-state index is 0. The fourth-order valence-corrected chi connectivity index (χ4v) is 6.64. The van der Waals surface area contributed by atoms with Crippen molar-refractivity contribution in [1.82, 2.24) is 0 Å². The molecule has 0 saturated carbocycles. The molecular formula is C38H31N6NaO9S2. The molecule has 6 aromatic rings. The second-order valence-electron chi connectivity index (χ2n) is 11.9. The molecule has 0 aliphatic rings. The van der Waals surface area contributed by atoms with E-state index in [0.717, 1.165) is 11.6 Å². The van der Waals surface area contributed by atoms with Gasteiger partial charge in [0.05, 0.1) is 29.1 Å². The Morgan fingerprint density at radius 1 is 0.625 bits per heavy atom. The molecule has 6 rings (SSSR count). The van der Waals surface area contributed by atoms with Gasteiger partial charge in [0.2, 0.25) is 0 Å². The summed E-state index contributed by atoms with van der Waals surface area (Å²) in [5, 5.41) is 22.7. The summed E-state index contributed by atoms with van der Waals surface area (Å²) >= 11 is 0. The summed E-state index contributed by atoms with van der Waals surface area (Å²) in [6, 6.07) is 31.0. The SMILES string of the molecule is COc1cc(N=Nc2ccc3cc(S(=O)(=O)O)cc(S(=O)(=O)O)c3c2)ccc1N=Nc1ccc(NC(=O)c2ccc(NC(=O)c3ccccc3)cc2)cc1C.[H-].[Na+]. The minimum Gasteiger partial charge on any atom is -1.00 e. The van der Waals surface area contributed by atoms with Crippen LogP contribution in [-0.4, -0.2) is 44.9 Å². The van der Waals surface area contributed by atoms with E-state index in [1.54, 1.807) is 84.9 Å². The van der Waals surface area contributed by atoms with Crippen molar-refractivity contribution < 1.29 is 71.3 Å². The molecule has 6 aromatic carbocycles. The van der Waals surface area contributed by atoms with E-state index in [4.69, 9.17) is 4.74 Å². The van der Waals surface area contributed by atoms with E-state index < -0.39 is 30.0 Å². The van der Waals surface area contributed by atoms with Gasteiger partial charge in [0.15, 0.2) is 0 Å². The van der Waals surface area contributed by atoms with Crippen molar-refractivity contribution >= 4 is 76.9 Å². The minimum atomic E-state index is -4.88. The number of nitrogens with one attached hydrogen (secondary N) is 2. The molecule has 15 nitrogen and oxygen atoms in total. The van der Waals surface area contributed by atoms with Gasteiger partial charge in [0.25, 0.3) is 32.1 Å². The van der Waals surface area contributed by atoms with Gasteiger partial charge in [-0.25, -0.2) is 0 Å². The molecule has 0 radical (unpaired) electrons. The van der Waals surface area contributed by atoms with E-state index in [-0.39, 0.29) is 59.3 Å². The van der Waals surface area contributed by atoms with Crippen LogP contribution in [0.5, 0.6) is 5.75 Å². The summed E-state index contributed by atoms with van der Waals surface area (Å²) in [4.78, 5) is 23.9. The van der Waals surface area contributed by atoms with Crippen LogP contribution in [0.3, 0.4) is 0 Å². The van der Waals surface area contributed by atoms with Crippen LogP contribution in [0.15, 0.2) is 152 Å². The van der Waals surface area contributed by atoms with Crippen molar-refractivity contribution in [2.45, 2.75) is 16.7 Å². The first-order chi connectivity index (χ1) is 26.2. The maximum Gasteiger partial charge on any atom is 1.00 e. The summed E-state index contributed by atoms with van der Waals surface area (Å²) in [5.74, 6) is -0.277. The predicted molar refractivity (Wildman–Crippen MR) is 206 cm³/mol. The number of hydrogen-bond acceptors (Lipinski definition) is 11. The van der Waals surface area contributed by atoms with E-state index in [9.17, 15) is 35.5 Å². The summed E-state index contributed by atoms with van der Waals surface area (Å²) in [5.41, 5.74) is 4.17. The number of nitrogens with zero attached hydrogens (tertiary/aromatic N) is 4. The Kier molecular flexibility index (Phi) is 12.9. The topological polar surface area (TPSA) is 226 Å². The third-order valence-electron chi connectivity index (χ3n) is 8.05. The number of ether oxygens (including phenoxy) is 1. The number of rotatable bonds is 11. The third-order valence-corrected chi connectivity index (χ3v) is 9.78. The number of azo groups is 2. The Balaban J connectivity index is 0.00000360. The molecule has 0 bridgehead atoms. The van der Waals surface area contributed by atoms with Gasteiger partial charge >= 0.3 is 29.6 Å². The number of amides is 2. The molecule has 0 spiro atoms. The fraction of sp³-hybridized carbons (Fsp3) is 0.0526. The van der Waals surface area contributed by atoms with E-state index in [0.29, 0.717) is 51.4 Å². The number of carbonyl (C=O) groups excluding carboxylic acids is 2. The Bertz CT molecular complexity index is 2750. The molecule has 2 amide bonds. The number of aryl methyl sites for hydroxylation is 1. The molecule has 0 aliphatic heterocycles. The van der Waals surface area contributed by atoms with Crippen LogP contribution in [0, 0.1) is 6.92 Å². The fourth-order valence-electron chi connectivity index (χ4n) is 5.29. The molecule has 18 heteroatoms. The average Bonchev–Trinajstić information content (AvgIpc) is 3.16. The monoisotopic (exact) mass is 802 g/mol. The molecule has 280 valence electrons. The first kappa shape index (κ1) is 41.5. The van der Waals surface area contributed by atoms with Gasteiger partial charge in [0.1, 0.15) is 16.3 Å². The Morgan fingerprint density at radius 3 is 1.82 bits per heavy atom. The van der Waals surface area contributed by atoms with Crippen LogP contribution in [-0.2, 0) is 20.2 Å². The largest absolute Gasteiger partial charge is 1.00 e. The van der Waals surface area contributed by atoms with Crippen LogP contribution in [0.4, 0.5) is 34.1 Å². The Morgan fingerprint density at radius 2 is 1.20 bits per heavy atom. The molecule has 0 heterocycles. The molecule has 4 N–H and O–H groups in total. The van der Waals surface area contributed by atoms with Gasteiger partial charge in [-0.15, -0.1) is 5.11 Å². The van der Waals surface area contributed by atoms with Crippen molar-refractivity contribution in [3.05, 3.63) is 138 Å². The predicted octanol–water partition coefficient (Wildman–Crippen LogP) is 6.10. The van der Waals surface area contributed by atoms with Crippen molar-refractivity contribution in [2.75, 3.05) is 17.7 Å². The summed E-state index contributed by atoms with van der Waals surface area (Å²) in [6.07, 6.45) is 0. The quantitative estimate of drug-likeness (QED) is 0.0673. The standard InChI is InChI=1S/C38H30N6O9S2.Na.H/c1-23-18-28(40-38(46)25-8-11-27(12-9-25)39-37(45)24-6-4-3-5-7-24)14-16-33(23)43-44-34-17-15-30(21-35(34)53-2)42-41-29-13-10-26-19-31(54(47,48)49)22-36(32(26)20-29)55(50,51)52;;/h3-22H,1-2H3,(H,39,45)(H,40,46)(H,47,48,49)(H,50,51,52);;/q;+1;-1. The van der Waals surface area contributed by atoms with Crippen LogP contribution < -0.4 is 44.9 Å². The molecule has 0 aliphatic carbocycles. The number of anilines is 2. The van der Waals surface area contributed by atoms with E-state index in [1.807, 2.05) is 13.0 Å². The van der Waals surface area contributed by atoms with Crippen LogP contribution >= 0.6 is 0 Å². The van der Waals surface area contributed by atoms with Gasteiger partial charge in [-0.3, -0.25) is 18.7 Å². The maximum absolute atomic E-state index is 12.9. The molecule has 0 aromatic heterocycles. The summed E-state index contributed by atoms with van der Waals surface area (Å²) in [6.45, 7) is 1.81. The van der Waals surface area contributed by atoms with Crippen molar-refractivity contribution in [2.24, 2.45) is 20.5 Å². The third kappa shape index (κ3) is 10.1. The van der Waals surface area contributed by atoms with E-state index >= 15 is 0 Å². The van der Waals surface area contributed by atoms with Crippen LogP contribution in [0.2, 0.25) is 0 Å². The average molecular weight is 803 g/mol. The zero-order chi connectivity index (χ0) is 39.3. The number of benzene rings is 6. The van der Waals surface area contributed by atoms with Gasteiger partial charge in [-0.1, -0.05) is 24.3 Å². The second kappa shape index (κ2) is 17.4. The summed E-state index contributed by atoms with van der Waals surface area (Å²) in [7, 11) is -8.19. The van der Waals surface area contributed by atoms with Gasteiger partial charge in [0, 0.05) is 34.0 Å². The molecule has 56 heavy (non-hydrogen) atoms.